The van der Waals surface area contributed by atoms with Gasteiger partial charge in [-0.3, -0.25) is 9.78 Å². The van der Waals surface area contributed by atoms with E-state index in [0.29, 0.717) is 17.2 Å². The van der Waals surface area contributed by atoms with Crippen LogP contribution in [0.5, 0.6) is 11.5 Å². The molecule has 0 saturated heterocycles. The molecule has 0 aliphatic carbocycles. The van der Waals surface area contributed by atoms with Gasteiger partial charge < -0.3 is 9.47 Å². The van der Waals surface area contributed by atoms with Gasteiger partial charge in [0.15, 0.2) is 11.5 Å². The van der Waals surface area contributed by atoms with E-state index in [0.717, 1.165) is 5.56 Å². The molecule has 0 aliphatic heterocycles. The van der Waals surface area contributed by atoms with Crippen molar-refractivity contribution in [1.82, 2.24) is 4.98 Å². The Morgan fingerprint density at radius 3 is 2.64 bits per heavy atom. The fourth-order valence-electron chi connectivity index (χ4n) is 1.90. The summed E-state index contributed by atoms with van der Waals surface area (Å²) < 4.78 is 11.0. The molecule has 2 rings (SSSR count). The topological polar surface area (TPSA) is 48.4 Å². The van der Waals surface area contributed by atoms with Crippen LogP contribution in [0.2, 0.25) is 0 Å². The Balaban J connectivity index is 2.16. The van der Waals surface area contributed by atoms with Crippen LogP contribution in [0.3, 0.4) is 0 Å². The minimum Gasteiger partial charge on any atom is -0.493 e. The molecule has 114 valence electrons. The van der Waals surface area contributed by atoms with E-state index in [1.54, 1.807) is 37.6 Å². The minimum atomic E-state index is -0.137. The lowest BCUT2D eigenvalue weighted by Crippen LogP contribution is -2.06. The molecule has 0 spiro atoms. The molecule has 0 fully saturated rings. The number of aromatic nitrogens is 1. The van der Waals surface area contributed by atoms with Crippen LogP contribution in [0.4, 0.5) is 0 Å². The lowest BCUT2D eigenvalue weighted by Gasteiger charge is -2.13. The maximum absolute atomic E-state index is 12.0. The van der Waals surface area contributed by atoms with Crippen molar-refractivity contribution in [3.63, 3.8) is 0 Å². The summed E-state index contributed by atoms with van der Waals surface area (Å²) in [5.74, 6) is 1.19. The number of carbonyl (C=O) groups excluding carboxylic acids is 1. The van der Waals surface area contributed by atoms with Crippen molar-refractivity contribution in [2.75, 3.05) is 7.11 Å². The van der Waals surface area contributed by atoms with Crippen molar-refractivity contribution in [1.29, 1.82) is 0 Å². The number of rotatable bonds is 6. The highest BCUT2D eigenvalue weighted by atomic mass is 16.5. The van der Waals surface area contributed by atoms with Crippen LogP contribution in [-0.2, 0) is 0 Å². The van der Waals surface area contributed by atoms with E-state index < -0.39 is 0 Å². The molecule has 0 amide bonds. The van der Waals surface area contributed by atoms with Gasteiger partial charge in [0, 0.05) is 6.20 Å². The zero-order valence-corrected chi connectivity index (χ0v) is 12.9. The highest BCUT2D eigenvalue weighted by molar-refractivity contribution is 6.05. The molecular weight excluding hydrogens is 278 g/mol. The minimum absolute atomic E-state index is 0.0704. The van der Waals surface area contributed by atoms with Crippen molar-refractivity contribution >= 4 is 11.9 Å². The smallest absolute Gasteiger partial charge is 0.204 e. The van der Waals surface area contributed by atoms with Crippen LogP contribution in [0.1, 0.15) is 29.9 Å². The van der Waals surface area contributed by atoms with Gasteiger partial charge in [0.1, 0.15) is 5.69 Å². The van der Waals surface area contributed by atoms with Gasteiger partial charge >= 0.3 is 0 Å². The van der Waals surface area contributed by atoms with Crippen LogP contribution in [0.15, 0.2) is 48.7 Å². The Morgan fingerprint density at radius 1 is 1.18 bits per heavy atom. The summed E-state index contributed by atoms with van der Waals surface area (Å²) in [4.78, 5) is 16.0. The van der Waals surface area contributed by atoms with Gasteiger partial charge in [-0.1, -0.05) is 18.2 Å². The zero-order chi connectivity index (χ0) is 15.9. The second-order valence-electron chi connectivity index (χ2n) is 4.99. The summed E-state index contributed by atoms with van der Waals surface area (Å²) in [5, 5.41) is 0. The quantitative estimate of drug-likeness (QED) is 0.601. The molecule has 0 atom stereocenters. The predicted octanol–water partition coefficient (Wildman–Crippen LogP) is 3.77. The summed E-state index contributed by atoms with van der Waals surface area (Å²) >= 11 is 0. The first-order valence-electron chi connectivity index (χ1n) is 7.08. The number of hydrogen-bond acceptors (Lipinski definition) is 4. The number of hydrogen-bond donors (Lipinski definition) is 0. The molecule has 22 heavy (non-hydrogen) atoms. The van der Waals surface area contributed by atoms with Crippen molar-refractivity contribution in [3.8, 4) is 11.5 Å². The average Bonchev–Trinajstić information content (AvgIpc) is 2.54. The standard InChI is InChI=1S/C18H19NO3/c1-13(2)22-17-10-8-14(12-18(17)21-3)7-9-16(20)15-6-4-5-11-19-15/h4-13H,1-3H3/b9-7+. The number of benzene rings is 1. The molecule has 4 heteroatoms. The predicted molar refractivity (Wildman–Crippen MR) is 86.4 cm³/mol. The van der Waals surface area contributed by atoms with Gasteiger partial charge in [-0.2, -0.15) is 0 Å². The first-order chi connectivity index (χ1) is 10.6. The molecule has 1 heterocycles. The third-order valence-electron chi connectivity index (χ3n) is 2.89. The normalized spacial score (nSPS) is 10.9. The second-order valence-corrected chi connectivity index (χ2v) is 4.99. The number of ketones is 1. The van der Waals surface area contributed by atoms with Gasteiger partial charge in [-0.25, -0.2) is 0 Å². The maximum atomic E-state index is 12.0. The Bertz CT molecular complexity index is 663. The fraction of sp³-hybridized carbons (Fsp3) is 0.222. The Morgan fingerprint density at radius 2 is 2.00 bits per heavy atom. The third-order valence-corrected chi connectivity index (χ3v) is 2.89. The lowest BCUT2D eigenvalue weighted by atomic mass is 10.1. The van der Waals surface area contributed by atoms with Crippen molar-refractivity contribution in [3.05, 3.63) is 59.9 Å². The SMILES string of the molecule is COc1cc(/C=C/C(=O)c2ccccn2)ccc1OC(C)C. The first kappa shape index (κ1) is 15.8. The van der Waals surface area contributed by atoms with E-state index in [1.807, 2.05) is 32.0 Å². The Kier molecular flexibility index (Phi) is 5.31. The van der Waals surface area contributed by atoms with Crippen LogP contribution in [0, 0.1) is 0 Å². The number of methoxy groups -OCH3 is 1. The zero-order valence-electron chi connectivity index (χ0n) is 12.9. The van der Waals surface area contributed by atoms with E-state index in [4.69, 9.17) is 9.47 Å². The average molecular weight is 297 g/mol. The van der Waals surface area contributed by atoms with E-state index in [2.05, 4.69) is 4.98 Å². The highest BCUT2D eigenvalue weighted by Gasteiger charge is 2.07. The number of ether oxygens (including phenoxy) is 2. The van der Waals surface area contributed by atoms with Crippen LogP contribution < -0.4 is 9.47 Å². The third kappa shape index (κ3) is 4.19. The van der Waals surface area contributed by atoms with Crippen molar-refractivity contribution in [2.45, 2.75) is 20.0 Å². The van der Waals surface area contributed by atoms with Gasteiger partial charge in [0.2, 0.25) is 5.78 Å². The van der Waals surface area contributed by atoms with Crippen LogP contribution >= 0.6 is 0 Å². The summed E-state index contributed by atoms with van der Waals surface area (Å²) in [6.45, 7) is 3.91. The fourth-order valence-corrected chi connectivity index (χ4v) is 1.90. The number of pyridine rings is 1. The lowest BCUT2D eigenvalue weighted by molar-refractivity contribution is 0.104. The maximum Gasteiger partial charge on any atom is 0.204 e. The van der Waals surface area contributed by atoms with E-state index in [1.165, 1.54) is 6.08 Å². The van der Waals surface area contributed by atoms with Gasteiger partial charge in [0.25, 0.3) is 0 Å². The molecule has 2 aromatic rings. The summed E-state index contributed by atoms with van der Waals surface area (Å²) in [6.07, 6.45) is 4.90. The molecule has 1 aromatic heterocycles. The number of carbonyl (C=O) groups is 1. The van der Waals surface area contributed by atoms with Crippen LogP contribution in [-0.4, -0.2) is 24.0 Å². The molecule has 0 N–H and O–H groups in total. The molecule has 0 radical (unpaired) electrons. The van der Waals surface area contributed by atoms with Gasteiger partial charge in [-0.05, 0) is 49.8 Å². The van der Waals surface area contributed by atoms with Gasteiger partial charge in [0.05, 0.1) is 13.2 Å². The Hall–Kier alpha value is -2.62. The second kappa shape index (κ2) is 7.41. The Labute approximate surface area is 130 Å². The molecule has 4 nitrogen and oxygen atoms in total. The molecular formula is C18H19NO3. The molecule has 0 unspecified atom stereocenters. The van der Waals surface area contributed by atoms with Crippen molar-refractivity contribution in [2.24, 2.45) is 0 Å². The van der Waals surface area contributed by atoms with E-state index >= 15 is 0 Å². The monoisotopic (exact) mass is 297 g/mol. The first-order valence-corrected chi connectivity index (χ1v) is 7.08. The number of nitrogens with zero attached hydrogens (tertiary/aromatic N) is 1. The molecule has 0 aliphatic rings. The molecule has 0 bridgehead atoms. The summed E-state index contributed by atoms with van der Waals surface area (Å²) in [5.41, 5.74) is 1.28. The van der Waals surface area contributed by atoms with Crippen LogP contribution in [0.25, 0.3) is 6.08 Å². The molecule has 0 saturated carbocycles. The van der Waals surface area contributed by atoms with Crippen molar-refractivity contribution < 1.29 is 14.3 Å². The number of allylic oxidation sites excluding steroid dienone is 1. The van der Waals surface area contributed by atoms with E-state index in [9.17, 15) is 4.79 Å². The highest BCUT2D eigenvalue weighted by Crippen LogP contribution is 2.29. The van der Waals surface area contributed by atoms with Gasteiger partial charge in [-0.15, -0.1) is 0 Å². The van der Waals surface area contributed by atoms with E-state index in [-0.39, 0.29) is 11.9 Å². The largest absolute Gasteiger partial charge is 0.493 e. The summed E-state index contributed by atoms with van der Waals surface area (Å²) in [7, 11) is 1.59. The molecule has 1 aromatic carbocycles. The summed E-state index contributed by atoms with van der Waals surface area (Å²) in [6, 6.07) is 10.8.